The Morgan fingerprint density at radius 2 is 2.23 bits per heavy atom. The molecule has 1 aromatic carbocycles. The van der Waals surface area contributed by atoms with Crippen molar-refractivity contribution in [3.05, 3.63) is 41.6 Å². The Bertz CT molecular complexity index is 738. The van der Waals surface area contributed by atoms with Gasteiger partial charge in [0.1, 0.15) is 11.6 Å². The molecule has 0 atom stereocenters. The Morgan fingerprint density at radius 1 is 1.45 bits per heavy atom. The number of carbonyl (C=O) groups is 1. The first kappa shape index (κ1) is 15.8. The predicted octanol–water partition coefficient (Wildman–Crippen LogP) is 2.24. The molecular weight excluding hydrogens is 278 g/mol. The minimum Gasteiger partial charge on any atom is -0.385 e. The number of nitriles is 1. The van der Waals surface area contributed by atoms with Crippen molar-refractivity contribution >= 4 is 22.9 Å². The van der Waals surface area contributed by atoms with Crippen LogP contribution in [0.15, 0.2) is 36.0 Å². The highest BCUT2D eigenvalue weighted by Crippen LogP contribution is 2.22. The zero-order valence-electron chi connectivity index (χ0n) is 12.8. The Hall–Kier alpha value is -2.58. The summed E-state index contributed by atoms with van der Waals surface area (Å²) in [5.74, 6) is -0.355. The highest BCUT2D eigenvalue weighted by molar-refractivity contribution is 6.04. The van der Waals surface area contributed by atoms with Gasteiger partial charge in [-0.2, -0.15) is 5.26 Å². The van der Waals surface area contributed by atoms with Gasteiger partial charge in [0, 0.05) is 50.0 Å². The molecule has 1 N–H and O–H groups in total. The molecule has 2 aromatic rings. The molecule has 1 aromatic heterocycles. The first-order valence-electron chi connectivity index (χ1n) is 7.10. The summed E-state index contributed by atoms with van der Waals surface area (Å²) in [6, 6.07) is 9.86. The van der Waals surface area contributed by atoms with Crippen LogP contribution in [0.1, 0.15) is 12.0 Å². The van der Waals surface area contributed by atoms with Gasteiger partial charge < -0.3 is 14.6 Å². The Kier molecular flexibility index (Phi) is 5.34. The van der Waals surface area contributed by atoms with Crippen LogP contribution in [0.2, 0.25) is 0 Å². The molecule has 2 rings (SSSR count). The van der Waals surface area contributed by atoms with Gasteiger partial charge in [0.25, 0.3) is 5.91 Å². The normalized spacial score (nSPS) is 11.4. The minimum absolute atomic E-state index is 0.105. The molecule has 0 aliphatic heterocycles. The van der Waals surface area contributed by atoms with Crippen molar-refractivity contribution in [2.45, 2.75) is 6.42 Å². The van der Waals surface area contributed by atoms with Crippen LogP contribution >= 0.6 is 0 Å². The van der Waals surface area contributed by atoms with Gasteiger partial charge in [0.05, 0.1) is 0 Å². The van der Waals surface area contributed by atoms with Gasteiger partial charge >= 0.3 is 0 Å². The molecular formula is C17H19N3O2. The number of nitrogens with one attached hydrogen (secondary N) is 1. The van der Waals surface area contributed by atoms with E-state index < -0.39 is 0 Å². The molecule has 0 unspecified atom stereocenters. The fourth-order valence-corrected chi connectivity index (χ4v) is 2.31. The van der Waals surface area contributed by atoms with Gasteiger partial charge in [0.2, 0.25) is 0 Å². The number of nitrogens with zero attached hydrogens (tertiary/aromatic N) is 2. The fourth-order valence-electron chi connectivity index (χ4n) is 2.31. The number of rotatable bonds is 6. The number of hydrogen-bond donors (Lipinski definition) is 1. The smallest absolute Gasteiger partial charge is 0.261 e. The van der Waals surface area contributed by atoms with Crippen LogP contribution in [0, 0.1) is 11.3 Å². The van der Waals surface area contributed by atoms with E-state index in [0.717, 1.165) is 22.9 Å². The maximum atomic E-state index is 12.0. The zero-order valence-corrected chi connectivity index (χ0v) is 12.8. The second-order valence-corrected chi connectivity index (χ2v) is 4.98. The van der Waals surface area contributed by atoms with Crippen LogP contribution in [0.5, 0.6) is 0 Å². The number of para-hydroxylation sites is 1. The molecule has 5 nitrogen and oxygen atoms in total. The summed E-state index contributed by atoms with van der Waals surface area (Å²) in [5.41, 5.74) is 2.03. The van der Waals surface area contributed by atoms with Crippen molar-refractivity contribution in [1.82, 2.24) is 9.88 Å². The minimum atomic E-state index is -0.355. The number of hydrogen-bond acceptors (Lipinski definition) is 3. The summed E-state index contributed by atoms with van der Waals surface area (Å²) in [6.45, 7) is 1.07. The van der Waals surface area contributed by atoms with Crippen LogP contribution in [0.4, 0.5) is 0 Å². The standard InChI is InChI=1S/C17H19N3O2/c1-20-12-14(15-6-3-4-7-16(15)20)10-13(11-18)17(21)19-8-5-9-22-2/h3-4,6-7,10,12H,5,8-9H2,1-2H3,(H,19,21)/b13-10+. The summed E-state index contributed by atoms with van der Waals surface area (Å²) in [4.78, 5) is 12.0. The molecule has 5 heteroatoms. The quantitative estimate of drug-likeness (QED) is 0.505. The van der Waals surface area contributed by atoms with Crippen LogP contribution < -0.4 is 5.32 Å². The summed E-state index contributed by atoms with van der Waals surface area (Å²) in [7, 11) is 3.56. The molecule has 0 fully saturated rings. The number of aryl methyl sites for hydroxylation is 1. The lowest BCUT2D eigenvalue weighted by Gasteiger charge is -2.03. The van der Waals surface area contributed by atoms with Gasteiger partial charge in [-0.15, -0.1) is 0 Å². The van der Waals surface area contributed by atoms with Crippen molar-refractivity contribution in [1.29, 1.82) is 5.26 Å². The van der Waals surface area contributed by atoms with Crippen LogP contribution in [0.25, 0.3) is 17.0 Å². The van der Waals surface area contributed by atoms with Crippen molar-refractivity contribution in [2.24, 2.45) is 7.05 Å². The molecule has 0 spiro atoms. The molecule has 0 radical (unpaired) electrons. The lowest BCUT2D eigenvalue weighted by molar-refractivity contribution is -0.117. The number of ether oxygens (including phenoxy) is 1. The second kappa shape index (κ2) is 7.43. The van der Waals surface area contributed by atoms with E-state index in [4.69, 9.17) is 4.74 Å². The van der Waals surface area contributed by atoms with Gasteiger partial charge in [0.15, 0.2) is 0 Å². The highest BCUT2D eigenvalue weighted by atomic mass is 16.5. The zero-order chi connectivity index (χ0) is 15.9. The third-order valence-electron chi connectivity index (χ3n) is 3.40. The van der Waals surface area contributed by atoms with E-state index in [0.29, 0.717) is 13.2 Å². The molecule has 0 saturated heterocycles. The van der Waals surface area contributed by atoms with Crippen molar-refractivity contribution in [3.63, 3.8) is 0 Å². The highest BCUT2D eigenvalue weighted by Gasteiger charge is 2.11. The van der Waals surface area contributed by atoms with Crippen LogP contribution in [-0.4, -0.2) is 30.7 Å². The van der Waals surface area contributed by atoms with Gasteiger partial charge in [-0.1, -0.05) is 18.2 Å². The summed E-state index contributed by atoms with van der Waals surface area (Å²) >= 11 is 0. The first-order valence-corrected chi connectivity index (χ1v) is 7.10. The van der Waals surface area contributed by atoms with E-state index in [2.05, 4.69) is 5.32 Å². The molecule has 0 aliphatic carbocycles. The fraction of sp³-hybridized carbons (Fsp3) is 0.294. The van der Waals surface area contributed by atoms with Crippen molar-refractivity contribution < 1.29 is 9.53 Å². The van der Waals surface area contributed by atoms with E-state index in [9.17, 15) is 10.1 Å². The molecule has 1 heterocycles. The maximum Gasteiger partial charge on any atom is 0.261 e. The van der Waals surface area contributed by atoms with E-state index >= 15 is 0 Å². The molecule has 1 amide bonds. The molecule has 0 bridgehead atoms. The largest absolute Gasteiger partial charge is 0.385 e. The lowest BCUT2D eigenvalue weighted by Crippen LogP contribution is -2.26. The van der Waals surface area contributed by atoms with E-state index in [-0.39, 0.29) is 11.5 Å². The lowest BCUT2D eigenvalue weighted by atomic mass is 10.1. The molecule has 114 valence electrons. The monoisotopic (exact) mass is 297 g/mol. The average molecular weight is 297 g/mol. The Labute approximate surface area is 129 Å². The number of amides is 1. The van der Waals surface area contributed by atoms with Gasteiger partial charge in [-0.3, -0.25) is 4.79 Å². The number of methoxy groups -OCH3 is 1. The number of fused-ring (bicyclic) bond motifs is 1. The van der Waals surface area contributed by atoms with Crippen molar-refractivity contribution in [2.75, 3.05) is 20.3 Å². The number of aromatic nitrogens is 1. The average Bonchev–Trinajstić information content (AvgIpc) is 2.85. The SMILES string of the molecule is COCCCNC(=O)/C(C#N)=C/c1cn(C)c2ccccc12. The molecule has 0 aliphatic rings. The van der Waals surface area contributed by atoms with Crippen molar-refractivity contribution in [3.8, 4) is 6.07 Å². The van der Waals surface area contributed by atoms with E-state index in [1.54, 1.807) is 13.2 Å². The van der Waals surface area contributed by atoms with Gasteiger partial charge in [-0.05, 0) is 18.6 Å². The van der Waals surface area contributed by atoms with E-state index in [1.165, 1.54) is 0 Å². The third-order valence-corrected chi connectivity index (χ3v) is 3.40. The predicted molar refractivity (Wildman–Crippen MR) is 86.0 cm³/mol. The number of carbonyl (C=O) groups excluding carboxylic acids is 1. The third kappa shape index (κ3) is 3.54. The maximum absolute atomic E-state index is 12.0. The topological polar surface area (TPSA) is 67.0 Å². The summed E-state index contributed by atoms with van der Waals surface area (Å²) in [5, 5.41) is 13.0. The van der Waals surface area contributed by atoms with Crippen LogP contribution in [-0.2, 0) is 16.6 Å². The Morgan fingerprint density at radius 3 is 2.95 bits per heavy atom. The second-order valence-electron chi connectivity index (χ2n) is 4.98. The van der Waals surface area contributed by atoms with Crippen LogP contribution in [0.3, 0.4) is 0 Å². The van der Waals surface area contributed by atoms with Gasteiger partial charge in [-0.25, -0.2) is 0 Å². The number of benzene rings is 1. The molecule has 0 saturated carbocycles. The summed E-state index contributed by atoms with van der Waals surface area (Å²) < 4.78 is 6.90. The molecule has 22 heavy (non-hydrogen) atoms. The first-order chi connectivity index (χ1) is 10.7. The van der Waals surface area contributed by atoms with E-state index in [1.807, 2.05) is 48.1 Å². The summed E-state index contributed by atoms with van der Waals surface area (Å²) in [6.07, 6.45) is 4.27. The Balaban J connectivity index is 2.21.